The second-order valence-electron chi connectivity index (χ2n) is 3.81. The summed E-state index contributed by atoms with van der Waals surface area (Å²) in [6.07, 6.45) is 0.441. The molecule has 0 aliphatic carbocycles. The van der Waals surface area contributed by atoms with E-state index >= 15 is 0 Å². The third-order valence-corrected chi connectivity index (χ3v) is 3.52. The van der Waals surface area contributed by atoms with Crippen molar-refractivity contribution < 1.29 is 14.3 Å². The molecule has 17 heavy (non-hydrogen) atoms. The normalized spacial score (nSPS) is 12.0. The van der Waals surface area contributed by atoms with Crippen LogP contribution in [0.2, 0.25) is 0 Å². The van der Waals surface area contributed by atoms with E-state index in [2.05, 4.69) is 20.7 Å². The number of halogens is 1. The standard InChI is InChI=1S/C13H15BrO3/c1-4-10(13(16)17-3)12(15)9-6-5-8(2)11(14)7-9/h5-7,10H,4H2,1-3H3. The van der Waals surface area contributed by atoms with Crippen LogP contribution in [-0.2, 0) is 9.53 Å². The molecule has 0 aromatic heterocycles. The number of rotatable bonds is 4. The molecule has 0 N–H and O–H groups in total. The number of hydrogen-bond acceptors (Lipinski definition) is 3. The molecule has 1 aromatic carbocycles. The Labute approximate surface area is 109 Å². The topological polar surface area (TPSA) is 43.4 Å². The minimum atomic E-state index is -0.713. The van der Waals surface area contributed by atoms with Crippen molar-refractivity contribution >= 4 is 27.7 Å². The second kappa shape index (κ2) is 5.96. The van der Waals surface area contributed by atoms with E-state index in [1.807, 2.05) is 13.0 Å². The predicted molar refractivity (Wildman–Crippen MR) is 69.0 cm³/mol. The summed E-state index contributed by atoms with van der Waals surface area (Å²) in [6, 6.07) is 5.32. The fraction of sp³-hybridized carbons (Fsp3) is 0.385. The van der Waals surface area contributed by atoms with Crippen LogP contribution in [0, 0.1) is 12.8 Å². The molecule has 92 valence electrons. The third kappa shape index (κ3) is 3.16. The van der Waals surface area contributed by atoms with Gasteiger partial charge in [-0.3, -0.25) is 9.59 Å². The average molecular weight is 299 g/mol. The predicted octanol–water partition coefficient (Wildman–Crippen LogP) is 3.14. The van der Waals surface area contributed by atoms with Crippen LogP contribution >= 0.6 is 15.9 Å². The number of carbonyl (C=O) groups is 2. The lowest BCUT2D eigenvalue weighted by Gasteiger charge is -2.11. The molecule has 0 bridgehead atoms. The van der Waals surface area contributed by atoms with Crippen LogP contribution in [0.4, 0.5) is 0 Å². The number of aryl methyl sites for hydroxylation is 1. The third-order valence-electron chi connectivity index (χ3n) is 2.67. The fourth-order valence-corrected chi connectivity index (χ4v) is 1.93. The highest BCUT2D eigenvalue weighted by molar-refractivity contribution is 9.10. The van der Waals surface area contributed by atoms with E-state index in [1.165, 1.54) is 7.11 Å². The van der Waals surface area contributed by atoms with Crippen molar-refractivity contribution in [3.05, 3.63) is 33.8 Å². The maximum atomic E-state index is 12.1. The molecular formula is C13H15BrO3. The van der Waals surface area contributed by atoms with Gasteiger partial charge in [-0.25, -0.2) is 0 Å². The first-order chi connectivity index (χ1) is 8.01. The molecule has 0 saturated carbocycles. The summed E-state index contributed by atoms with van der Waals surface area (Å²) in [5.41, 5.74) is 1.58. The van der Waals surface area contributed by atoms with Gasteiger partial charge in [0.25, 0.3) is 0 Å². The summed E-state index contributed by atoms with van der Waals surface area (Å²) in [5, 5.41) is 0. The first-order valence-electron chi connectivity index (χ1n) is 5.39. The first kappa shape index (κ1) is 13.9. The van der Waals surface area contributed by atoms with Crippen molar-refractivity contribution in [1.82, 2.24) is 0 Å². The zero-order chi connectivity index (χ0) is 13.0. The number of ether oxygens (including phenoxy) is 1. The largest absolute Gasteiger partial charge is 0.468 e. The van der Waals surface area contributed by atoms with E-state index in [4.69, 9.17) is 0 Å². The van der Waals surface area contributed by atoms with E-state index in [0.717, 1.165) is 10.0 Å². The molecule has 0 amide bonds. The Morgan fingerprint density at radius 3 is 2.53 bits per heavy atom. The number of esters is 1. The quantitative estimate of drug-likeness (QED) is 0.487. The van der Waals surface area contributed by atoms with Gasteiger partial charge in [-0.15, -0.1) is 0 Å². The van der Waals surface area contributed by atoms with Crippen molar-refractivity contribution in [2.24, 2.45) is 5.92 Å². The molecule has 1 aromatic rings. The van der Waals surface area contributed by atoms with Gasteiger partial charge in [0.15, 0.2) is 5.78 Å². The smallest absolute Gasteiger partial charge is 0.316 e. The van der Waals surface area contributed by atoms with Crippen molar-refractivity contribution in [2.75, 3.05) is 7.11 Å². The molecule has 0 spiro atoms. The molecule has 0 heterocycles. The maximum Gasteiger partial charge on any atom is 0.316 e. The minimum Gasteiger partial charge on any atom is -0.468 e. The van der Waals surface area contributed by atoms with Gasteiger partial charge < -0.3 is 4.74 Å². The Hall–Kier alpha value is -1.16. The van der Waals surface area contributed by atoms with Gasteiger partial charge >= 0.3 is 5.97 Å². The lowest BCUT2D eigenvalue weighted by atomic mass is 9.95. The zero-order valence-electron chi connectivity index (χ0n) is 10.1. The monoisotopic (exact) mass is 298 g/mol. The van der Waals surface area contributed by atoms with Gasteiger partial charge in [-0.1, -0.05) is 35.0 Å². The lowest BCUT2D eigenvalue weighted by Crippen LogP contribution is -2.24. The molecule has 1 atom stereocenters. The van der Waals surface area contributed by atoms with E-state index < -0.39 is 11.9 Å². The number of benzene rings is 1. The highest BCUT2D eigenvalue weighted by Crippen LogP contribution is 2.21. The van der Waals surface area contributed by atoms with E-state index in [0.29, 0.717) is 12.0 Å². The molecule has 1 rings (SSSR count). The Bertz CT molecular complexity index is 440. The average Bonchev–Trinajstić information content (AvgIpc) is 2.33. The summed E-state index contributed by atoms with van der Waals surface area (Å²) in [5.74, 6) is -1.39. The van der Waals surface area contributed by atoms with Crippen LogP contribution in [0.5, 0.6) is 0 Å². The summed E-state index contributed by atoms with van der Waals surface area (Å²) in [6.45, 7) is 3.73. The Morgan fingerprint density at radius 2 is 2.06 bits per heavy atom. The maximum absolute atomic E-state index is 12.1. The summed E-state index contributed by atoms with van der Waals surface area (Å²) < 4.78 is 5.49. The van der Waals surface area contributed by atoms with Gasteiger partial charge in [0.2, 0.25) is 0 Å². The molecule has 0 aliphatic rings. The molecule has 1 unspecified atom stereocenters. The van der Waals surface area contributed by atoms with Crippen molar-refractivity contribution in [3.63, 3.8) is 0 Å². The van der Waals surface area contributed by atoms with Gasteiger partial charge in [-0.2, -0.15) is 0 Å². The number of carbonyl (C=O) groups excluding carboxylic acids is 2. The Balaban J connectivity index is 3.02. The fourth-order valence-electron chi connectivity index (χ4n) is 1.55. The van der Waals surface area contributed by atoms with Crippen LogP contribution in [0.3, 0.4) is 0 Å². The van der Waals surface area contributed by atoms with Gasteiger partial charge in [-0.05, 0) is 25.0 Å². The SMILES string of the molecule is CCC(C(=O)OC)C(=O)c1ccc(C)c(Br)c1. The van der Waals surface area contributed by atoms with Crippen molar-refractivity contribution in [1.29, 1.82) is 0 Å². The van der Waals surface area contributed by atoms with Crippen LogP contribution in [-0.4, -0.2) is 18.9 Å². The van der Waals surface area contributed by atoms with Crippen LogP contribution in [0.15, 0.2) is 22.7 Å². The first-order valence-corrected chi connectivity index (χ1v) is 6.18. The van der Waals surface area contributed by atoms with Crippen LogP contribution < -0.4 is 0 Å². The molecule has 0 radical (unpaired) electrons. The lowest BCUT2D eigenvalue weighted by molar-refractivity contribution is -0.143. The summed E-state index contributed by atoms with van der Waals surface area (Å²) >= 11 is 3.37. The van der Waals surface area contributed by atoms with Crippen molar-refractivity contribution in [2.45, 2.75) is 20.3 Å². The summed E-state index contributed by atoms with van der Waals surface area (Å²) in [4.78, 5) is 23.6. The molecular weight excluding hydrogens is 284 g/mol. The van der Waals surface area contributed by atoms with Crippen LogP contribution in [0.1, 0.15) is 29.3 Å². The highest BCUT2D eigenvalue weighted by Gasteiger charge is 2.26. The van der Waals surface area contributed by atoms with E-state index in [1.54, 1.807) is 19.1 Å². The van der Waals surface area contributed by atoms with Gasteiger partial charge in [0, 0.05) is 10.0 Å². The molecule has 3 nitrogen and oxygen atoms in total. The molecule has 4 heteroatoms. The number of hydrogen-bond donors (Lipinski definition) is 0. The Morgan fingerprint density at radius 1 is 1.41 bits per heavy atom. The highest BCUT2D eigenvalue weighted by atomic mass is 79.9. The molecule has 0 aliphatic heterocycles. The summed E-state index contributed by atoms with van der Waals surface area (Å²) in [7, 11) is 1.29. The van der Waals surface area contributed by atoms with Crippen LogP contribution in [0.25, 0.3) is 0 Å². The van der Waals surface area contributed by atoms with E-state index in [-0.39, 0.29) is 5.78 Å². The number of ketones is 1. The van der Waals surface area contributed by atoms with Gasteiger partial charge in [0.05, 0.1) is 7.11 Å². The minimum absolute atomic E-state index is 0.194. The number of methoxy groups -OCH3 is 1. The van der Waals surface area contributed by atoms with E-state index in [9.17, 15) is 9.59 Å². The zero-order valence-corrected chi connectivity index (χ0v) is 11.7. The molecule has 0 saturated heterocycles. The van der Waals surface area contributed by atoms with Gasteiger partial charge in [0.1, 0.15) is 5.92 Å². The Kier molecular flexibility index (Phi) is 4.87. The number of Topliss-reactive ketones (excluding diaryl/α,β-unsaturated/α-hetero) is 1. The van der Waals surface area contributed by atoms with Crippen molar-refractivity contribution in [3.8, 4) is 0 Å². The second-order valence-corrected chi connectivity index (χ2v) is 4.67. The molecule has 0 fully saturated rings.